The topological polar surface area (TPSA) is 81.3 Å². The van der Waals surface area contributed by atoms with E-state index < -0.39 is 0 Å². The summed E-state index contributed by atoms with van der Waals surface area (Å²) in [5, 5.41) is 3.91. The molecule has 1 fully saturated rings. The number of nitrogens with zero attached hydrogens (tertiary/aromatic N) is 3. The van der Waals surface area contributed by atoms with Crippen LogP contribution in [0.15, 0.2) is 27.3 Å². The van der Waals surface area contributed by atoms with Crippen molar-refractivity contribution in [2.75, 3.05) is 13.1 Å². The van der Waals surface area contributed by atoms with Crippen molar-refractivity contribution in [3.8, 4) is 11.6 Å². The zero-order chi connectivity index (χ0) is 12.4. The van der Waals surface area contributed by atoms with Gasteiger partial charge in [0.25, 0.3) is 0 Å². The molecule has 1 saturated heterocycles. The summed E-state index contributed by atoms with van der Waals surface area (Å²) < 4.78 is 10.4. The summed E-state index contributed by atoms with van der Waals surface area (Å²) in [5.41, 5.74) is 5.94. The maximum atomic E-state index is 5.94. The fourth-order valence-corrected chi connectivity index (χ4v) is 2.25. The summed E-state index contributed by atoms with van der Waals surface area (Å²) in [6.07, 6.45) is 3.81. The van der Waals surface area contributed by atoms with Crippen LogP contribution in [-0.2, 0) is 6.54 Å². The average molecular weight is 248 g/mol. The SMILES string of the molecule is NC1CCCN(Cc2nc(-c3ccco3)no2)C1. The van der Waals surface area contributed by atoms with Crippen LogP contribution in [-0.4, -0.2) is 34.2 Å². The first-order valence-corrected chi connectivity index (χ1v) is 6.15. The summed E-state index contributed by atoms with van der Waals surface area (Å²) in [6.45, 7) is 2.58. The van der Waals surface area contributed by atoms with E-state index in [1.807, 2.05) is 6.07 Å². The first-order valence-electron chi connectivity index (χ1n) is 6.15. The number of aromatic nitrogens is 2. The second-order valence-electron chi connectivity index (χ2n) is 4.63. The predicted octanol–water partition coefficient (Wildman–Crippen LogP) is 1.25. The molecule has 1 atom stereocenters. The van der Waals surface area contributed by atoms with Gasteiger partial charge in [-0.15, -0.1) is 0 Å². The standard InChI is InChI=1S/C12H16N4O2/c13-9-3-1-5-16(7-9)8-11-14-12(15-18-11)10-4-2-6-17-10/h2,4,6,9H,1,3,5,7-8,13H2. The van der Waals surface area contributed by atoms with Crippen molar-refractivity contribution < 1.29 is 8.94 Å². The van der Waals surface area contributed by atoms with Gasteiger partial charge >= 0.3 is 0 Å². The largest absolute Gasteiger partial charge is 0.461 e. The Labute approximate surface area is 105 Å². The van der Waals surface area contributed by atoms with E-state index in [0.29, 0.717) is 24.0 Å². The number of furan rings is 1. The third-order valence-corrected chi connectivity index (χ3v) is 3.11. The highest BCUT2D eigenvalue weighted by molar-refractivity contribution is 5.44. The van der Waals surface area contributed by atoms with Crippen molar-refractivity contribution in [1.82, 2.24) is 15.0 Å². The number of hydrogen-bond donors (Lipinski definition) is 1. The first-order chi connectivity index (χ1) is 8.81. The summed E-state index contributed by atoms with van der Waals surface area (Å²) >= 11 is 0. The van der Waals surface area contributed by atoms with Crippen LogP contribution in [0.2, 0.25) is 0 Å². The summed E-state index contributed by atoms with van der Waals surface area (Å²) in [4.78, 5) is 6.56. The van der Waals surface area contributed by atoms with Crippen molar-refractivity contribution in [2.45, 2.75) is 25.4 Å². The Morgan fingerprint density at radius 2 is 2.44 bits per heavy atom. The van der Waals surface area contributed by atoms with Gasteiger partial charge in [0.15, 0.2) is 5.76 Å². The normalized spacial score (nSPS) is 21.3. The summed E-state index contributed by atoms with van der Waals surface area (Å²) in [6, 6.07) is 3.87. The van der Waals surface area contributed by atoms with Crippen LogP contribution in [0.25, 0.3) is 11.6 Å². The predicted molar refractivity (Wildman–Crippen MR) is 64.5 cm³/mol. The smallest absolute Gasteiger partial charge is 0.241 e. The Balaban J connectivity index is 1.66. The van der Waals surface area contributed by atoms with E-state index in [1.165, 1.54) is 0 Å². The Bertz CT molecular complexity index is 494. The van der Waals surface area contributed by atoms with Gasteiger partial charge in [0, 0.05) is 12.6 Å². The molecule has 18 heavy (non-hydrogen) atoms. The molecule has 0 saturated carbocycles. The fraction of sp³-hybridized carbons (Fsp3) is 0.500. The van der Waals surface area contributed by atoms with E-state index >= 15 is 0 Å². The van der Waals surface area contributed by atoms with E-state index in [4.69, 9.17) is 14.7 Å². The van der Waals surface area contributed by atoms with Gasteiger partial charge in [-0.2, -0.15) is 4.98 Å². The van der Waals surface area contributed by atoms with Crippen LogP contribution >= 0.6 is 0 Å². The number of hydrogen-bond acceptors (Lipinski definition) is 6. The maximum Gasteiger partial charge on any atom is 0.241 e. The average Bonchev–Trinajstić information content (AvgIpc) is 2.98. The molecule has 6 nitrogen and oxygen atoms in total. The zero-order valence-corrected chi connectivity index (χ0v) is 10.1. The third-order valence-electron chi connectivity index (χ3n) is 3.11. The molecule has 6 heteroatoms. The molecule has 0 spiro atoms. The molecule has 2 N–H and O–H groups in total. The van der Waals surface area contributed by atoms with E-state index in [-0.39, 0.29) is 6.04 Å². The van der Waals surface area contributed by atoms with Gasteiger partial charge in [-0.1, -0.05) is 5.16 Å². The molecule has 3 heterocycles. The van der Waals surface area contributed by atoms with E-state index in [1.54, 1.807) is 12.3 Å². The number of piperidine rings is 1. The maximum absolute atomic E-state index is 5.94. The molecule has 96 valence electrons. The monoisotopic (exact) mass is 248 g/mol. The van der Waals surface area contributed by atoms with E-state index in [2.05, 4.69) is 15.0 Å². The molecule has 3 rings (SSSR count). The van der Waals surface area contributed by atoms with Crippen molar-refractivity contribution in [3.05, 3.63) is 24.3 Å². The van der Waals surface area contributed by atoms with Crippen LogP contribution < -0.4 is 5.73 Å². The van der Waals surface area contributed by atoms with Gasteiger partial charge in [0.05, 0.1) is 12.8 Å². The lowest BCUT2D eigenvalue weighted by Crippen LogP contribution is -2.42. The second kappa shape index (κ2) is 4.91. The van der Waals surface area contributed by atoms with Gasteiger partial charge in [-0.25, -0.2) is 0 Å². The van der Waals surface area contributed by atoms with Crippen LogP contribution in [0, 0.1) is 0 Å². The highest BCUT2D eigenvalue weighted by Crippen LogP contribution is 2.17. The number of rotatable bonds is 3. The highest BCUT2D eigenvalue weighted by atomic mass is 16.5. The molecule has 0 aromatic carbocycles. The third kappa shape index (κ3) is 2.44. The van der Waals surface area contributed by atoms with Gasteiger partial charge in [-0.3, -0.25) is 4.90 Å². The minimum atomic E-state index is 0.256. The van der Waals surface area contributed by atoms with Crippen molar-refractivity contribution in [2.24, 2.45) is 5.73 Å². The van der Waals surface area contributed by atoms with Gasteiger partial charge < -0.3 is 14.7 Å². The van der Waals surface area contributed by atoms with Crippen LogP contribution in [0.1, 0.15) is 18.7 Å². The number of nitrogens with two attached hydrogens (primary N) is 1. The fourth-order valence-electron chi connectivity index (χ4n) is 2.25. The van der Waals surface area contributed by atoms with Gasteiger partial charge in [0.1, 0.15) is 0 Å². The lowest BCUT2D eigenvalue weighted by atomic mass is 10.1. The molecule has 1 aliphatic heterocycles. The molecule has 1 unspecified atom stereocenters. The summed E-state index contributed by atoms with van der Waals surface area (Å²) in [7, 11) is 0. The molecule has 0 bridgehead atoms. The second-order valence-corrected chi connectivity index (χ2v) is 4.63. The molecule has 0 radical (unpaired) electrons. The Kier molecular flexibility index (Phi) is 3.12. The molecule has 1 aliphatic rings. The Hall–Kier alpha value is -1.66. The zero-order valence-electron chi connectivity index (χ0n) is 10.1. The van der Waals surface area contributed by atoms with Crippen molar-refractivity contribution in [1.29, 1.82) is 0 Å². The van der Waals surface area contributed by atoms with E-state index in [0.717, 1.165) is 25.9 Å². The highest BCUT2D eigenvalue weighted by Gasteiger charge is 2.19. The minimum Gasteiger partial charge on any atom is -0.461 e. The van der Waals surface area contributed by atoms with Gasteiger partial charge in [-0.05, 0) is 31.5 Å². The van der Waals surface area contributed by atoms with Crippen molar-refractivity contribution >= 4 is 0 Å². The minimum absolute atomic E-state index is 0.256. The quantitative estimate of drug-likeness (QED) is 0.880. The van der Waals surface area contributed by atoms with Crippen LogP contribution in [0.3, 0.4) is 0 Å². The lowest BCUT2D eigenvalue weighted by Gasteiger charge is -2.29. The Morgan fingerprint density at radius 1 is 1.50 bits per heavy atom. The molecule has 2 aromatic heterocycles. The van der Waals surface area contributed by atoms with E-state index in [9.17, 15) is 0 Å². The Morgan fingerprint density at radius 3 is 3.22 bits per heavy atom. The van der Waals surface area contributed by atoms with Crippen LogP contribution in [0.5, 0.6) is 0 Å². The molecule has 2 aromatic rings. The molecular formula is C12H16N4O2. The molecular weight excluding hydrogens is 232 g/mol. The first kappa shape index (κ1) is 11.4. The van der Waals surface area contributed by atoms with Crippen molar-refractivity contribution in [3.63, 3.8) is 0 Å². The van der Waals surface area contributed by atoms with Crippen LogP contribution in [0.4, 0.5) is 0 Å². The summed E-state index contributed by atoms with van der Waals surface area (Å²) in [5.74, 6) is 1.73. The lowest BCUT2D eigenvalue weighted by molar-refractivity contribution is 0.178. The molecule has 0 amide bonds. The molecule has 0 aliphatic carbocycles. The number of likely N-dealkylation sites (tertiary alicyclic amines) is 1. The van der Waals surface area contributed by atoms with Gasteiger partial charge in [0.2, 0.25) is 11.7 Å².